The van der Waals surface area contributed by atoms with Gasteiger partial charge in [-0.15, -0.1) is 0 Å². The molecule has 1 N–H and O–H groups in total. The molecule has 0 aliphatic heterocycles. The summed E-state index contributed by atoms with van der Waals surface area (Å²) in [4.78, 5) is 5.22. The van der Waals surface area contributed by atoms with Gasteiger partial charge in [0, 0.05) is 6.20 Å². The molecule has 1 rings (SSSR count). The Morgan fingerprint density at radius 1 is 1.05 bits per heavy atom. The molecule has 0 saturated carbocycles. The summed E-state index contributed by atoms with van der Waals surface area (Å²) in [6.07, 6.45) is 5.99. The van der Waals surface area contributed by atoms with E-state index in [1.807, 2.05) is 44.2 Å². The molecule has 0 spiro atoms. The number of rotatable bonds is 10. The van der Waals surface area contributed by atoms with Crippen LogP contribution in [0.25, 0.3) is 0 Å². The minimum Gasteiger partial charge on any atom is -0.491 e. The minimum atomic E-state index is -0.0338. The fourth-order valence-electron chi connectivity index (χ4n) is 1.84. The van der Waals surface area contributed by atoms with Gasteiger partial charge in [-0.1, -0.05) is 19.4 Å². The fourth-order valence-corrected chi connectivity index (χ4v) is 1.84. The van der Waals surface area contributed by atoms with Gasteiger partial charge < -0.3 is 9.47 Å². The van der Waals surface area contributed by atoms with Crippen LogP contribution in [-0.4, -0.2) is 18.8 Å². The number of hydrogen-bond acceptors (Lipinski definition) is 4. The van der Waals surface area contributed by atoms with Crippen LogP contribution in [0.4, 0.5) is 0 Å². The average molecular weight is 293 g/mol. The van der Waals surface area contributed by atoms with Gasteiger partial charge in [-0.05, 0) is 51.5 Å². The van der Waals surface area contributed by atoms with Crippen molar-refractivity contribution < 1.29 is 14.3 Å². The standard InChI is InChI=1S/C17H27NO3/c1-5-7-14(3)20-16-8-10-17(11-9-16)21-15(4)13-19-18-12-6-2/h6,8-12,14-15,18H,5,7,13H2,1-4H3. The third-order valence-electron chi connectivity index (χ3n) is 2.83. The first kappa shape index (κ1) is 17.4. The quantitative estimate of drug-likeness (QED) is 0.521. The van der Waals surface area contributed by atoms with Gasteiger partial charge in [-0.3, -0.25) is 10.3 Å². The van der Waals surface area contributed by atoms with Crippen molar-refractivity contribution in [2.75, 3.05) is 6.61 Å². The Labute approximate surface area is 128 Å². The van der Waals surface area contributed by atoms with E-state index in [0.717, 1.165) is 24.3 Å². The molecule has 21 heavy (non-hydrogen) atoms. The highest BCUT2D eigenvalue weighted by atomic mass is 16.7. The van der Waals surface area contributed by atoms with E-state index in [1.54, 1.807) is 6.20 Å². The molecule has 0 aromatic heterocycles. The molecule has 0 aliphatic carbocycles. The summed E-state index contributed by atoms with van der Waals surface area (Å²) in [5.41, 5.74) is 2.71. The lowest BCUT2D eigenvalue weighted by molar-refractivity contribution is 0.0160. The first-order valence-corrected chi connectivity index (χ1v) is 7.57. The summed E-state index contributed by atoms with van der Waals surface area (Å²) >= 11 is 0. The highest BCUT2D eigenvalue weighted by Gasteiger charge is 2.06. The number of ether oxygens (including phenoxy) is 2. The summed E-state index contributed by atoms with van der Waals surface area (Å²) in [6.45, 7) is 8.60. The molecule has 2 unspecified atom stereocenters. The van der Waals surface area contributed by atoms with Crippen LogP contribution >= 0.6 is 0 Å². The van der Waals surface area contributed by atoms with Crippen LogP contribution in [0.5, 0.6) is 11.5 Å². The lowest BCUT2D eigenvalue weighted by Gasteiger charge is -2.16. The van der Waals surface area contributed by atoms with Crippen molar-refractivity contribution in [2.24, 2.45) is 0 Å². The van der Waals surface area contributed by atoms with Crippen molar-refractivity contribution in [1.29, 1.82) is 0 Å². The van der Waals surface area contributed by atoms with Crippen molar-refractivity contribution in [3.63, 3.8) is 0 Å². The van der Waals surface area contributed by atoms with Crippen LogP contribution < -0.4 is 15.0 Å². The Morgan fingerprint density at radius 2 is 1.62 bits per heavy atom. The van der Waals surface area contributed by atoms with E-state index < -0.39 is 0 Å². The molecule has 0 bridgehead atoms. The third-order valence-corrected chi connectivity index (χ3v) is 2.83. The summed E-state index contributed by atoms with van der Waals surface area (Å²) < 4.78 is 11.6. The predicted octanol–water partition coefficient (Wildman–Crippen LogP) is 4.08. The van der Waals surface area contributed by atoms with Crippen LogP contribution in [0.3, 0.4) is 0 Å². The first-order chi connectivity index (χ1) is 10.2. The summed E-state index contributed by atoms with van der Waals surface area (Å²) in [7, 11) is 0. The SMILES string of the molecule is CC=CNOCC(C)Oc1ccc(OC(C)CCC)cc1. The Bertz CT molecular complexity index is 403. The van der Waals surface area contributed by atoms with Gasteiger partial charge in [0.05, 0.1) is 6.10 Å². The Morgan fingerprint density at radius 3 is 2.14 bits per heavy atom. The van der Waals surface area contributed by atoms with Crippen molar-refractivity contribution in [1.82, 2.24) is 5.48 Å². The minimum absolute atomic E-state index is 0.0338. The molecular weight excluding hydrogens is 266 g/mol. The molecule has 1 aromatic carbocycles. The maximum atomic E-state index is 5.81. The maximum absolute atomic E-state index is 5.81. The second-order valence-electron chi connectivity index (χ2n) is 5.05. The lowest BCUT2D eigenvalue weighted by Crippen LogP contribution is -2.22. The van der Waals surface area contributed by atoms with E-state index in [9.17, 15) is 0 Å². The van der Waals surface area contributed by atoms with Gasteiger partial charge in [0.1, 0.15) is 24.2 Å². The van der Waals surface area contributed by atoms with Gasteiger partial charge in [-0.2, -0.15) is 0 Å². The molecule has 0 amide bonds. The van der Waals surface area contributed by atoms with E-state index in [0.29, 0.717) is 6.61 Å². The maximum Gasteiger partial charge on any atom is 0.122 e. The molecule has 0 fully saturated rings. The van der Waals surface area contributed by atoms with E-state index in [1.165, 1.54) is 0 Å². The van der Waals surface area contributed by atoms with Gasteiger partial charge in [0.15, 0.2) is 0 Å². The van der Waals surface area contributed by atoms with Gasteiger partial charge in [0.2, 0.25) is 0 Å². The molecular formula is C17H27NO3. The molecule has 1 aromatic rings. The molecule has 0 heterocycles. The van der Waals surface area contributed by atoms with E-state index >= 15 is 0 Å². The third kappa shape index (κ3) is 7.61. The van der Waals surface area contributed by atoms with Crippen molar-refractivity contribution >= 4 is 0 Å². The molecule has 4 heteroatoms. The van der Waals surface area contributed by atoms with Gasteiger partial charge in [-0.25, -0.2) is 0 Å². The van der Waals surface area contributed by atoms with Crippen LogP contribution in [-0.2, 0) is 4.84 Å². The van der Waals surface area contributed by atoms with Gasteiger partial charge >= 0.3 is 0 Å². The predicted molar refractivity (Wildman–Crippen MR) is 85.4 cm³/mol. The molecule has 118 valence electrons. The molecule has 0 aliphatic rings. The summed E-state index contributed by atoms with van der Waals surface area (Å²) in [6, 6.07) is 7.72. The average Bonchev–Trinajstić information content (AvgIpc) is 2.46. The molecule has 4 nitrogen and oxygen atoms in total. The first-order valence-electron chi connectivity index (χ1n) is 7.57. The highest BCUT2D eigenvalue weighted by Crippen LogP contribution is 2.20. The fraction of sp³-hybridized carbons (Fsp3) is 0.529. The van der Waals surface area contributed by atoms with Crippen LogP contribution in [0, 0.1) is 0 Å². The zero-order chi connectivity index (χ0) is 15.5. The zero-order valence-electron chi connectivity index (χ0n) is 13.5. The zero-order valence-corrected chi connectivity index (χ0v) is 13.5. The number of hydrogen-bond donors (Lipinski definition) is 1. The monoisotopic (exact) mass is 293 g/mol. The Kier molecular flexibility index (Phi) is 8.36. The molecule has 0 saturated heterocycles. The van der Waals surface area contributed by atoms with Crippen LogP contribution in [0.1, 0.15) is 40.5 Å². The summed E-state index contributed by atoms with van der Waals surface area (Å²) in [5, 5.41) is 0. The number of nitrogens with one attached hydrogen (secondary N) is 1. The Hall–Kier alpha value is -1.68. The van der Waals surface area contributed by atoms with Crippen molar-refractivity contribution in [2.45, 2.75) is 52.7 Å². The Balaban J connectivity index is 2.36. The number of benzene rings is 1. The van der Waals surface area contributed by atoms with E-state index in [2.05, 4.69) is 19.3 Å². The van der Waals surface area contributed by atoms with E-state index in [4.69, 9.17) is 14.3 Å². The highest BCUT2D eigenvalue weighted by molar-refractivity contribution is 5.31. The molecule has 2 atom stereocenters. The van der Waals surface area contributed by atoms with Crippen molar-refractivity contribution in [3.8, 4) is 11.5 Å². The van der Waals surface area contributed by atoms with E-state index in [-0.39, 0.29) is 12.2 Å². The van der Waals surface area contributed by atoms with Gasteiger partial charge in [0.25, 0.3) is 0 Å². The van der Waals surface area contributed by atoms with Crippen LogP contribution in [0.2, 0.25) is 0 Å². The smallest absolute Gasteiger partial charge is 0.122 e. The number of hydroxylamine groups is 1. The second-order valence-corrected chi connectivity index (χ2v) is 5.05. The lowest BCUT2D eigenvalue weighted by atomic mass is 10.2. The summed E-state index contributed by atoms with van der Waals surface area (Å²) in [5.74, 6) is 1.69. The normalized spacial score (nSPS) is 13.9. The topological polar surface area (TPSA) is 39.7 Å². The number of allylic oxidation sites excluding steroid dienone is 1. The second kappa shape index (κ2) is 10.1. The van der Waals surface area contributed by atoms with Crippen molar-refractivity contribution in [3.05, 3.63) is 36.5 Å². The van der Waals surface area contributed by atoms with Crippen LogP contribution in [0.15, 0.2) is 36.5 Å². The largest absolute Gasteiger partial charge is 0.491 e. The molecule has 0 radical (unpaired) electrons.